The number of nitrogens with zero attached hydrogens (tertiary/aromatic N) is 3. The van der Waals surface area contributed by atoms with Crippen LogP contribution in [0.4, 0.5) is 0 Å². The molecule has 0 saturated carbocycles. The Morgan fingerprint density at radius 3 is 2.33 bits per heavy atom. The Balaban J connectivity index is 0.00000180. The van der Waals surface area contributed by atoms with Crippen molar-refractivity contribution in [3.8, 4) is 44.5 Å². The molecule has 5 rings (SSSR count). The number of rotatable bonds is 6. The van der Waals surface area contributed by atoms with Crippen molar-refractivity contribution in [2.45, 2.75) is 4.21 Å². The van der Waals surface area contributed by atoms with Crippen molar-refractivity contribution in [2.75, 3.05) is 20.5 Å². The van der Waals surface area contributed by atoms with Gasteiger partial charge in [-0.1, -0.05) is 6.07 Å². The molecule has 36 heavy (non-hydrogen) atoms. The van der Waals surface area contributed by atoms with Gasteiger partial charge in [0.2, 0.25) is 0 Å². The van der Waals surface area contributed by atoms with E-state index in [9.17, 15) is 8.42 Å². The molecule has 0 atom stereocenters. The highest BCUT2D eigenvalue weighted by atomic mass is 35.5. The summed E-state index contributed by atoms with van der Waals surface area (Å²) < 4.78 is 35.0. The second-order valence-corrected chi connectivity index (χ2v) is 10.9. The van der Waals surface area contributed by atoms with Gasteiger partial charge in [-0.15, -0.1) is 36.2 Å². The van der Waals surface area contributed by atoms with Crippen molar-refractivity contribution in [1.82, 2.24) is 20.2 Å². The summed E-state index contributed by atoms with van der Waals surface area (Å²) in [5, 5.41) is 8.17. The third-order valence-electron chi connectivity index (χ3n) is 5.44. The van der Waals surface area contributed by atoms with Crippen LogP contribution < -0.4 is 9.47 Å². The topological polar surface area (TPSA) is 107 Å². The Morgan fingerprint density at radius 1 is 0.889 bits per heavy atom. The molecule has 0 saturated heterocycles. The third-order valence-corrected chi connectivity index (χ3v) is 8.35. The predicted octanol–water partition coefficient (Wildman–Crippen LogP) is 5.68. The molecular formula is C24H22Cl2N4O4S2. The van der Waals surface area contributed by atoms with Gasteiger partial charge >= 0.3 is 0 Å². The molecule has 188 valence electrons. The normalized spacial score (nSPS) is 11.0. The fraction of sp³-hybridized carbons (Fsp3) is 0.125. The zero-order valence-corrected chi connectivity index (χ0v) is 22.6. The monoisotopic (exact) mass is 564 g/mol. The molecule has 3 heterocycles. The minimum absolute atomic E-state index is 0. The molecule has 0 unspecified atom stereocenters. The molecule has 3 aromatic heterocycles. The number of ether oxygens (including phenoxy) is 2. The molecule has 0 bridgehead atoms. The van der Waals surface area contributed by atoms with Gasteiger partial charge in [-0.3, -0.25) is 5.10 Å². The van der Waals surface area contributed by atoms with Gasteiger partial charge in [0.1, 0.15) is 10.5 Å². The SMILES string of the molecule is COc1ccc(-c2[nH]ncc2-c2ccc3ncnc(-c4ccc(S(C)(=O)=O)s4)c3c2)cc1OC.Cl.Cl. The molecule has 0 radical (unpaired) electrons. The molecule has 2 aromatic carbocycles. The largest absolute Gasteiger partial charge is 0.493 e. The van der Waals surface area contributed by atoms with E-state index in [-0.39, 0.29) is 24.8 Å². The summed E-state index contributed by atoms with van der Waals surface area (Å²) in [6.45, 7) is 0. The van der Waals surface area contributed by atoms with E-state index in [0.717, 1.165) is 38.2 Å². The maximum atomic E-state index is 12.0. The molecule has 0 spiro atoms. The van der Waals surface area contributed by atoms with Crippen molar-refractivity contribution in [3.63, 3.8) is 0 Å². The van der Waals surface area contributed by atoms with Crippen molar-refractivity contribution >= 4 is 56.9 Å². The fourth-order valence-corrected chi connectivity index (χ4v) is 5.72. The van der Waals surface area contributed by atoms with Crippen LogP contribution in [-0.4, -0.2) is 49.1 Å². The predicted molar refractivity (Wildman–Crippen MR) is 147 cm³/mol. The van der Waals surface area contributed by atoms with Gasteiger partial charge in [-0.05, 0) is 48.0 Å². The van der Waals surface area contributed by atoms with E-state index in [4.69, 9.17) is 9.47 Å². The van der Waals surface area contributed by atoms with Crippen LogP contribution >= 0.6 is 36.2 Å². The van der Waals surface area contributed by atoms with Crippen LogP contribution in [0.2, 0.25) is 0 Å². The van der Waals surface area contributed by atoms with E-state index in [1.807, 2.05) is 36.4 Å². The highest BCUT2D eigenvalue weighted by molar-refractivity contribution is 7.92. The van der Waals surface area contributed by atoms with Gasteiger partial charge in [-0.2, -0.15) is 5.10 Å². The van der Waals surface area contributed by atoms with Crippen LogP contribution in [0.3, 0.4) is 0 Å². The second kappa shape index (κ2) is 10.8. The van der Waals surface area contributed by atoms with Crippen LogP contribution in [0.1, 0.15) is 0 Å². The van der Waals surface area contributed by atoms with Gasteiger partial charge in [0.05, 0.1) is 42.2 Å². The van der Waals surface area contributed by atoms with Gasteiger partial charge < -0.3 is 9.47 Å². The number of aromatic nitrogens is 4. The number of fused-ring (bicyclic) bond motifs is 1. The number of benzene rings is 2. The lowest BCUT2D eigenvalue weighted by Gasteiger charge is -2.10. The molecule has 0 aliphatic carbocycles. The van der Waals surface area contributed by atoms with Gasteiger partial charge in [-0.25, -0.2) is 18.4 Å². The van der Waals surface area contributed by atoms with Crippen LogP contribution in [0.5, 0.6) is 11.5 Å². The highest BCUT2D eigenvalue weighted by Gasteiger charge is 2.17. The average Bonchev–Trinajstić information content (AvgIpc) is 3.53. The quantitative estimate of drug-likeness (QED) is 0.282. The number of H-pyrrole nitrogens is 1. The molecular weight excluding hydrogens is 543 g/mol. The summed E-state index contributed by atoms with van der Waals surface area (Å²) in [7, 11) is -0.0955. The van der Waals surface area contributed by atoms with Crippen molar-refractivity contribution in [1.29, 1.82) is 0 Å². The Bertz CT molecular complexity index is 1630. The smallest absolute Gasteiger partial charge is 0.184 e. The minimum Gasteiger partial charge on any atom is -0.493 e. The summed E-state index contributed by atoms with van der Waals surface area (Å²) in [5.41, 5.74) is 4.98. The van der Waals surface area contributed by atoms with Gasteiger partial charge in [0.15, 0.2) is 21.3 Å². The summed E-state index contributed by atoms with van der Waals surface area (Å²) in [4.78, 5) is 9.62. The fourth-order valence-electron chi connectivity index (χ4n) is 3.78. The van der Waals surface area contributed by atoms with Crippen molar-refractivity contribution in [3.05, 3.63) is 61.1 Å². The first-order valence-corrected chi connectivity index (χ1v) is 12.9. The molecule has 5 aromatic rings. The lowest BCUT2D eigenvalue weighted by molar-refractivity contribution is 0.355. The molecule has 12 heteroatoms. The van der Waals surface area contributed by atoms with E-state index in [0.29, 0.717) is 21.4 Å². The molecule has 0 aliphatic heterocycles. The summed E-state index contributed by atoms with van der Waals surface area (Å²) in [6.07, 6.45) is 4.46. The number of sulfone groups is 1. The maximum Gasteiger partial charge on any atom is 0.184 e. The molecule has 0 aliphatic rings. The van der Waals surface area contributed by atoms with Gasteiger partial charge in [0, 0.05) is 22.8 Å². The number of hydrogen-bond donors (Lipinski definition) is 1. The third kappa shape index (κ3) is 5.03. The first-order chi connectivity index (χ1) is 16.4. The Kier molecular flexibility index (Phi) is 8.25. The van der Waals surface area contributed by atoms with Crippen molar-refractivity contribution in [2.24, 2.45) is 0 Å². The molecule has 1 N–H and O–H groups in total. The number of methoxy groups -OCH3 is 2. The maximum absolute atomic E-state index is 12.0. The Labute approximate surface area is 224 Å². The van der Waals surface area contributed by atoms with Crippen LogP contribution in [-0.2, 0) is 9.84 Å². The van der Waals surface area contributed by atoms with Crippen LogP contribution in [0.25, 0.3) is 43.9 Å². The number of halogens is 2. The van der Waals surface area contributed by atoms with E-state index in [2.05, 4.69) is 20.2 Å². The summed E-state index contributed by atoms with van der Waals surface area (Å²) in [5.74, 6) is 1.26. The average molecular weight is 566 g/mol. The van der Waals surface area contributed by atoms with Gasteiger partial charge in [0.25, 0.3) is 0 Å². The van der Waals surface area contributed by atoms with Crippen LogP contribution in [0.15, 0.2) is 65.3 Å². The number of hydrogen-bond acceptors (Lipinski definition) is 8. The summed E-state index contributed by atoms with van der Waals surface area (Å²) >= 11 is 1.20. The number of aromatic amines is 1. The number of nitrogens with one attached hydrogen (secondary N) is 1. The van der Waals surface area contributed by atoms with Crippen LogP contribution in [0, 0.1) is 0 Å². The number of thiophene rings is 1. The standard InChI is InChI=1S/C24H20N4O4S2.2ClH/c1-31-19-7-5-15(11-20(19)32-2)23-17(12-27-28-23)14-4-6-18-16(10-14)24(26-13-25-18)21-8-9-22(33-21)34(3,29)30;;/h4-13H,1-3H3,(H,27,28);2*1H. The van der Waals surface area contributed by atoms with E-state index < -0.39 is 9.84 Å². The van der Waals surface area contributed by atoms with E-state index in [1.54, 1.807) is 32.5 Å². The summed E-state index contributed by atoms with van der Waals surface area (Å²) in [6, 6.07) is 15.0. The first kappa shape index (κ1) is 27.4. The zero-order valence-electron chi connectivity index (χ0n) is 19.4. The first-order valence-electron chi connectivity index (χ1n) is 10.2. The zero-order chi connectivity index (χ0) is 23.9. The Hall–Kier alpha value is -3.18. The molecule has 0 amide bonds. The molecule has 0 fully saturated rings. The second-order valence-electron chi connectivity index (χ2n) is 7.57. The van der Waals surface area contributed by atoms with Crippen molar-refractivity contribution < 1.29 is 17.9 Å². The van der Waals surface area contributed by atoms with E-state index in [1.165, 1.54) is 23.9 Å². The Morgan fingerprint density at radius 2 is 1.64 bits per heavy atom. The minimum atomic E-state index is -3.29. The lowest BCUT2D eigenvalue weighted by atomic mass is 9.99. The molecule has 8 nitrogen and oxygen atoms in total. The highest BCUT2D eigenvalue weighted by Crippen LogP contribution is 2.38. The van der Waals surface area contributed by atoms with E-state index >= 15 is 0 Å². The lowest BCUT2D eigenvalue weighted by Crippen LogP contribution is -1.92.